The molecule has 0 bridgehead atoms. The van der Waals surface area contributed by atoms with Crippen LogP contribution in [0.3, 0.4) is 0 Å². The average molecular weight is 302 g/mol. The lowest BCUT2D eigenvalue weighted by atomic mass is 10.2. The van der Waals surface area contributed by atoms with Gasteiger partial charge < -0.3 is 10.1 Å². The van der Waals surface area contributed by atoms with Crippen molar-refractivity contribution in [3.8, 4) is 0 Å². The summed E-state index contributed by atoms with van der Waals surface area (Å²) < 4.78 is 4.52. The van der Waals surface area contributed by atoms with Crippen LogP contribution in [-0.2, 0) is 11.2 Å². The third-order valence-electron chi connectivity index (χ3n) is 2.94. The minimum atomic E-state index is -0.668. The van der Waals surface area contributed by atoms with E-state index in [9.17, 15) is 14.9 Å². The summed E-state index contributed by atoms with van der Waals surface area (Å²) in [5.74, 6) is -0.550. The summed E-state index contributed by atoms with van der Waals surface area (Å²) in [6.07, 6.45) is 5.27. The molecule has 0 unspecified atom stereocenters. The second-order valence-electron chi connectivity index (χ2n) is 4.37. The van der Waals surface area contributed by atoms with Crippen LogP contribution in [0, 0.1) is 10.1 Å². The maximum Gasteiger partial charge on any atom is 0.339 e. The van der Waals surface area contributed by atoms with Crippen molar-refractivity contribution in [2.45, 2.75) is 6.42 Å². The summed E-state index contributed by atoms with van der Waals surface area (Å²) >= 11 is 0. The van der Waals surface area contributed by atoms with E-state index in [-0.39, 0.29) is 17.1 Å². The van der Waals surface area contributed by atoms with Gasteiger partial charge in [0, 0.05) is 31.2 Å². The number of methoxy groups -OCH3 is 1. The number of ether oxygens (including phenoxy) is 1. The monoisotopic (exact) mass is 302 g/mol. The summed E-state index contributed by atoms with van der Waals surface area (Å²) in [4.78, 5) is 29.7. The van der Waals surface area contributed by atoms with Gasteiger partial charge in [-0.15, -0.1) is 0 Å². The first-order valence-corrected chi connectivity index (χ1v) is 6.47. The second-order valence-corrected chi connectivity index (χ2v) is 4.37. The van der Waals surface area contributed by atoms with E-state index in [4.69, 9.17) is 0 Å². The first kappa shape index (κ1) is 15.4. The second kappa shape index (κ2) is 7.11. The summed E-state index contributed by atoms with van der Waals surface area (Å²) in [6, 6.07) is 4.88. The highest BCUT2D eigenvalue weighted by Crippen LogP contribution is 2.23. The first-order chi connectivity index (χ1) is 10.6. The zero-order chi connectivity index (χ0) is 15.9. The Balaban J connectivity index is 2.09. The molecule has 0 aliphatic rings. The van der Waals surface area contributed by atoms with Gasteiger partial charge in [-0.05, 0) is 24.1 Å². The third-order valence-corrected chi connectivity index (χ3v) is 2.94. The van der Waals surface area contributed by atoms with Crippen LogP contribution < -0.4 is 5.32 Å². The first-order valence-electron chi connectivity index (χ1n) is 6.47. The number of pyridine rings is 2. The number of hydrogen-bond acceptors (Lipinski definition) is 7. The molecule has 2 aromatic heterocycles. The molecule has 0 fully saturated rings. The minimum Gasteiger partial charge on any atom is -0.465 e. The molecule has 0 aliphatic carbocycles. The predicted molar refractivity (Wildman–Crippen MR) is 78.7 cm³/mol. The Morgan fingerprint density at radius 2 is 2.14 bits per heavy atom. The number of nitrogens with zero attached hydrogens (tertiary/aromatic N) is 3. The summed E-state index contributed by atoms with van der Waals surface area (Å²) in [6.45, 7) is 0.468. The van der Waals surface area contributed by atoms with Crippen molar-refractivity contribution in [2.24, 2.45) is 0 Å². The molecule has 0 atom stereocenters. The van der Waals surface area contributed by atoms with Gasteiger partial charge in [-0.25, -0.2) is 9.78 Å². The topological polar surface area (TPSA) is 107 Å². The molecule has 0 amide bonds. The molecule has 0 radical (unpaired) electrons. The number of rotatable bonds is 6. The summed E-state index contributed by atoms with van der Waals surface area (Å²) in [5, 5.41) is 14.0. The van der Waals surface area contributed by atoms with Crippen molar-refractivity contribution in [1.82, 2.24) is 9.97 Å². The van der Waals surface area contributed by atoms with E-state index in [0.717, 1.165) is 11.6 Å². The van der Waals surface area contributed by atoms with Crippen LogP contribution in [0.4, 0.5) is 11.5 Å². The lowest BCUT2D eigenvalue weighted by Crippen LogP contribution is -2.10. The lowest BCUT2D eigenvalue weighted by molar-refractivity contribution is -0.384. The van der Waals surface area contributed by atoms with Gasteiger partial charge in [0.25, 0.3) is 0 Å². The molecule has 0 saturated carbocycles. The third kappa shape index (κ3) is 3.75. The molecule has 2 aromatic rings. The van der Waals surface area contributed by atoms with Gasteiger partial charge in [0.2, 0.25) is 5.82 Å². The Morgan fingerprint density at radius 3 is 2.77 bits per heavy atom. The van der Waals surface area contributed by atoms with Crippen LogP contribution in [0.2, 0.25) is 0 Å². The average Bonchev–Trinajstić information content (AvgIpc) is 2.55. The smallest absolute Gasteiger partial charge is 0.339 e. The molecular weight excluding hydrogens is 288 g/mol. The molecule has 0 spiro atoms. The van der Waals surface area contributed by atoms with Crippen LogP contribution in [0.5, 0.6) is 0 Å². The standard InChI is InChI=1S/C14H14N4O4/c1-22-14(19)11-8-12(18(20)21)13(17-9-11)16-7-4-10-2-5-15-6-3-10/h2-3,5-6,8-9H,4,7H2,1H3,(H,16,17). The van der Waals surface area contributed by atoms with Crippen LogP contribution >= 0.6 is 0 Å². The van der Waals surface area contributed by atoms with Gasteiger partial charge in [0.1, 0.15) is 0 Å². The summed E-state index contributed by atoms with van der Waals surface area (Å²) in [5.41, 5.74) is 0.822. The minimum absolute atomic E-state index is 0.0360. The van der Waals surface area contributed by atoms with Gasteiger partial charge >= 0.3 is 11.7 Å². The Labute approximate surface area is 126 Å². The lowest BCUT2D eigenvalue weighted by Gasteiger charge is -2.07. The maximum atomic E-state index is 11.4. The fraction of sp³-hybridized carbons (Fsp3) is 0.214. The number of nitro groups is 1. The number of anilines is 1. The maximum absolute atomic E-state index is 11.4. The Morgan fingerprint density at radius 1 is 1.41 bits per heavy atom. The number of esters is 1. The summed E-state index contributed by atoms with van der Waals surface area (Å²) in [7, 11) is 1.20. The van der Waals surface area contributed by atoms with Gasteiger partial charge in [0.05, 0.1) is 17.6 Å². The van der Waals surface area contributed by atoms with Crippen LogP contribution in [0.15, 0.2) is 36.8 Å². The number of hydrogen-bond donors (Lipinski definition) is 1. The highest BCUT2D eigenvalue weighted by atomic mass is 16.6. The van der Waals surface area contributed by atoms with E-state index < -0.39 is 10.9 Å². The zero-order valence-corrected chi connectivity index (χ0v) is 11.9. The normalized spacial score (nSPS) is 10.0. The van der Waals surface area contributed by atoms with E-state index >= 15 is 0 Å². The highest BCUT2D eigenvalue weighted by Gasteiger charge is 2.19. The van der Waals surface area contributed by atoms with Crippen molar-refractivity contribution in [2.75, 3.05) is 19.0 Å². The van der Waals surface area contributed by atoms with Crippen molar-refractivity contribution < 1.29 is 14.5 Å². The van der Waals surface area contributed by atoms with E-state index in [0.29, 0.717) is 13.0 Å². The molecule has 0 aromatic carbocycles. The van der Waals surface area contributed by atoms with Gasteiger partial charge in [0.15, 0.2) is 0 Å². The molecule has 22 heavy (non-hydrogen) atoms. The molecule has 114 valence electrons. The quantitative estimate of drug-likeness (QED) is 0.492. The number of carbonyl (C=O) groups is 1. The van der Waals surface area contributed by atoms with Crippen LogP contribution in [0.25, 0.3) is 0 Å². The molecule has 2 rings (SSSR count). The number of aromatic nitrogens is 2. The van der Waals surface area contributed by atoms with Crippen LogP contribution in [0.1, 0.15) is 15.9 Å². The van der Waals surface area contributed by atoms with Gasteiger partial charge in [-0.2, -0.15) is 0 Å². The fourth-order valence-electron chi connectivity index (χ4n) is 1.83. The van der Waals surface area contributed by atoms with Gasteiger partial charge in [-0.1, -0.05) is 0 Å². The Bertz CT molecular complexity index is 676. The molecule has 0 saturated heterocycles. The van der Waals surface area contributed by atoms with E-state index in [1.165, 1.54) is 13.3 Å². The molecule has 2 heterocycles. The molecule has 1 N–H and O–H groups in total. The molecule has 8 nitrogen and oxygen atoms in total. The van der Waals surface area contributed by atoms with Crippen LogP contribution in [-0.4, -0.2) is 34.5 Å². The Kier molecular flexibility index (Phi) is 4.97. The van der Waals surface area contributed by atoms with E-state index in [1.807, 2.05) is 12.1 Å². The van der Waals surface area contributed by atoms with Gasteiger partial charge in [-0.3, -0.25) is 15.1 Å². The SMILES string of the molecule is COC(=O)c1cnc(NCCc2ccncc2)c([N+](=O)[O-])c1. The zero-order valence-electron chi connectivity index (χ0n) is 11.9. The molecule has 8 heteroatoms. The van der Waals surface area contributed by atoms with Crippen molar-refractivity contribution in [3.05, 3.63) is 58.0 Å². The van der Waals surface area contributed by atoms with Crippen molar-refractivity contribution in [3.63, 3.8) is 0 Å². The largest absolute Gasteiger partial charge is 0.465 e. The van der Waals surface area contributed by atoms with E-state index in [1.54, 1.807) is 12.4 Å². The number of carbonyl (C=O) groups excluding carboxylic acids is 1. The van der Waals surface area contributed by atoms with E-state index in [2.05, 4.69) is 20.0 Å². The van der Waals surface area contributed by atoms with Crippen molar-refractivity contribution in [1.29, 1.82) is 0 Å². The molecule has 0 aliphatic heterocycles. The Hall–Kier alpha value is -3.03. The fourth-order valence-corrected chi connectivity index (χ4v) is 1.83. The molecular formula is C14H14N4O4. The predicted octanol–water partition coefficient (Wildman–Crippen LogP) is 1.83. The van der Waals surface area contributed by atoms with Crippen molar-refractivity contribution >= 4 is 17.5 Å². The highest BCUT2D eigenvalue weighted by molar-refractivity contribution is 5.90. The number of nitrogens with one attached hydrogen (secondary N) is 1.